The fourth-order valence-corrected chi connectivity index (χ4v) is 2.36. The van der Waals surface area contributed by atoms with Gasteiger partial charge < -0.3 is 0 Å². The average Bonchev–Trinajstić information content (AvgIpc) is 2.63. The summed E-state index contributed by atoms with van der Waals surface area (Å²) in [7, 11) is 0. The third-order valence-electron chi connectivity index (χ3n) is 3.47. The molecule has 0 aromatic heterocycles. The van der Waals surface area contributed by atoms with Gasteiger partial charge in [0, 0.05) is 17.5 Å². The maximum atomic E-state index is 12.8. The van der Waals surface area contributed by atoms with Crippen LogP contribution in [0.1, 0.15) is 5.56 Å². The molecule has 3 rings (SSSR count). The quantitative estimate of drug-likeness (QED) is 0.616. The van der Waals surface area contributed by atoms with Crippen LogP contribution in [0.4, 0.5) is 11.4 Å². The molecule has 2 nitrogen and oxygen atoms in total. The van der Waals surface area contributed by atoms with E-state index in [1.54, 1.807) is 11.0 Å². The highest BCUT2D eigenvalue weighted by atomic mass is 16.2. The summed E-state index contributed by atoms with van der Waals surface area (Å²) in [6, 6.07) is 29.1. The van der Waals surface area contributed by atoms with Gasteiger partial charge in [0.2, 0.25) is 0 Å². The van der Waals surface area contributed by atoms with E-state index < -0.39 is 0 Å². The number of carbonyl (C=O) groups is 1. The molecule has 0 atom stereocenters. The molecule has 3 aromatic carbocycles. The molecule has 2 heteroatoms. The first-order valence-corrected chi connectivity index (χ1v) is 7.52. The summed E-state index contributed by atoms with van der Waals surface area (Å²) in [5.41, 5.74) is 2.70. The SMILES string of the molecule is O=C(/C=C/c1ccccc1)N(c1ccccc1)c1ccccc1. The molecule has 0 N–H and O–H groups in total. The molecule has 3 aromatic rings. The summed E-state index contributed by atoms with van der Waals surface area (Å²) in [4.78, 5) is 14.5. The molecule has 0 saturated heterocycles. The minimum Gasteiger partial charge on any atom is -0.278 e. The van der Waals surface area contributed by atoms with Crippen LogP contribution in [0.2, 0.25) is 0 Å². The smallest absolute Gasteiger partial charge is 0.255 e. The first-order chi connectivity index (χ1) is 11.3. The number of nitrogens with zero attached hydrogens (tertiary/aromatic N) is 1. The molecule has 112 valence electrons. The Morgan fingerprint density at radius 3 is 1.57 bits per heavy atom. The van der Waals surface area contributed by atoms with E-state index in [0.717, 1.165) is 16.9 Å². The molecule has 0 radical (unpaired) electrons. The lowest BCUT2D eigenvalue weighted by Crippen LogP contribution is -2.23. The van der Waals surface area contributed by atoms with E-state index in [4.69, 9.17) is 0 Å². The van der Waals surface area contributed by atoms with E-state index in [1.807, 2.05) is 97.1 Å². The molecule has 0 aliphatic carbocycles. The van der Waals surface area contributed by atoms with Gasteiger partial charge in [-0.05, 0) is 35.9 Å². The van der Waals surface area contributed by atoms with Crippen LogP contribution in [0.25, 0.3) is 6.08 Å². The maximum absolute atomic E-state index is 12.8. The minimum atomic E-state index is -0.0775. The second-order valence-corrected chi connectivity index (χ2v) is 5.09. The first-order valence-electron chi connectivity index (χ1n) is 7.52. The largest absolute Gasteiger partial charge is 0.278 e. The summed E-state index contributed by atoms with van der Waals surface area (Å²) in [6.07, 6.45) is 3.44. The minimum absolute atomic E-state index is 0.0775. The van der Waals surface area contributed by atoms with Crippen molar-refractivity contribution in [3.8, 4) is 0 Å². The second kappa shape index (κ2) is 7.23. The Balaban J connectivity index is 1.93. The molecule has 0 spiro atoms. The van der Waals surface area contributed by atoms with Gasteiger partial charge in [0.15, 0.2) is 0 Å². The van der Waals surface area contributed by atoms with E-state index in [2.05, 4.69) is 0 Å². The number of hydrogen-bond acceptors (Lipinski definition) is 1. The zero-order valence-corrected chi connectivity index (χ0v) is 12.7. The average molecular weight is 299 g/mol. The highest BCUT2D eigenvalue weighted by molar-refractivity contribution is 6.08. The highest BCUT2D eigenvalue weighted by Gasteiger charge is 2.14. The third kappa shape index (κ3) is 3.74. The van der Waals surface area contributed by atoms with Gasteiger partial charge in [-0.2, -0.15) is 0 Å². The summed E-state index contributed by atoms with van der Waals surface area (Å²) in [5.74, 6) is -0.0775. The number of anilines is 2. The summed E-state index contributed by atoms with van der Waals surface area (Å²) >= 11 is 0. The Kier molecular flexibility index (Phi) is 4.65. The van der Waals surface area contributed by atoms with E-state index in [0.29, 0.717) is 0 Å². The molecule has 0 unspecified atom stereocenters. The zero-order valence-electron chi connectivity index (χ0n) is 12.7. The normalized spacial score (nSPS) is 10.6. The van der Waals surface area contributed by atoms with Gasteiger partial charge in [-0.3, -0.25) is 9.69 Å². The molecule has 0 aliphatic heterocycles. The predicted molar refractivity (Wildman–Crippen MR) is 95.5 cm³/mol. The lowest BCUT2D eigenvalue weighted by atomic mass is 10.2. The molecule has 0 heterocycles. The molecule has 0 fully saturated rings. The van der Waals surface area contributed by atoms with E-state index in [9.17, 15) is 4.79 Å². The van der Waals surface area contributed by atoms with Crippen LogP contribution in [0.5, 0.6) is 0 Å². The Bertz CT molecular complexity index is 740. The van der Waals surface area contributed by atoms with Crippen molar-refractivity contribution in [3.05, 3.63) is 103 Å². The van der Waals surface area contributed by atoms with Gasteiger partial charge in [0.05, 0.1) is 0 Å². The fourth-order valence-electron chi connectivity index (χ4n) is 2.36. The molecule has 1 amide bonds. The van der Waals surface area contributed by atoms with Crippen LogP contribution in [0, 0.1) is 0 Å². The van der Waals surface area contributed by atoms with Crippen LogP contribution in [0.15, 0.2) is 97.1 Å². The van der Waals surface area contributed by atoms with Gasteiger partial charge >= 0.3 is 0 Å². The Morgan fingerprint density at radius 2 is 1.09 bits per heavy atom. The number of amides is 1. The number of hydrogen-bond donors (Lipinski definition) is 0. The number of para-hydroxylation sites is 2. The second-order valence-electron chi connectivity index (χ2n) is 5.09. The van der Waals surface area contributed by atoms with E-state index >= 15 is 0 Å². The van der Waals surface area contributed by atoms with Crippen molar-refractivity contribution < 1.29 is 4.79 Å². The third-order valence-corrected chi connectivity index (χ3v) is 3.47. The van der Waals surface area contributed by atoms with Gasteiger partial charge in [0.25, 0.3) is 5.91 Å². The lowest BCUT2D eigenvalue weighted by Gasteiger charge is -2.21. The molecule has 0 saturated carbocycles. The standard InChI is InChI=1S/C21H17NO/c23-21(17-16-18-10-4-1-5-11-18)22(19-12-6-2-7-13-19)20-14-8-3-9-15-20/h1-17H/b17-16+. The van der Waals surface area contributed by atoms with Gasteiger partial charge in [-0.1, -0.05) is 66.7 Å². The van der Waals surface area contributed by atoms with E-state index in [1.165, 1.54) is 0 Å². The van der Waals surface area contributed by atoms with Crippen LogP contribution < -0.4 is 4.90 Å². The zero-order chi connectivity index (χ0) is 15.9. The lowest BCUT2D eigenvalue weighted by molar-refractivity contribution is -0.113. The Hall–Kier alpha value is -3.13. The molecule has 23 heavy (non-hydrogen) atoms. The van der Waals surface area contributed by atoms with Crippen LogP contribution in [0.3, 0.4) is 0 Å². The number of rotatable bonds is 4. The van der Waals surface area contributed by atoms with Crippen molar-refractivity contribution in [2.24, 2.45) is 0 Å². The molecular weight excluding hydrogens is 282 g/mol. The monoisotopic (exact) mass is 299 g/mol. The molecular formula is C21H17NO. The van der Waals surface area contributed by atoms with Crippen molar-refractivity contribution in [1.82, 2.24) is 0 Å². The van der Waals surface area contributed by atoms with Gasteiger partial charge in [0.1, 0.15) is 0 Å². The summed E-state index contributed by atoms with van der Waals surface area (Å²) in [6.45, 7) is 0. The van der Waals surface area contributed by atoms with E-state index in [-0.39, 0.29) is 5.91 Å². The van der Waals surface area contributed by atoms with Gasteiger partial charge in [-0.15, -0.1) is 0 Å². The summed E-state index contributed by atoms with van der Waals surface area (Å²) in [5, 5.41) is 0. The Labute approximate surface area is 136 Å². The molecule has 0 bridgehead atoms. The van der Waals surface area contributed by atoms with Crippen molar-refractivity contribution in [2.75, 3.05) is 4.90 Å². The van der Waals surface area contributed by atoms with Crippen LogP contribution in [-0.2, 0) is 4.79 Å². The number of carbonyl (C=O) groups excluding carboxylic acids is 1. The van der Waals surface area contributed by atoms with Crippen molar-refractivity contribution in [1.29, 1.82) is 0 Å². The fraction of sp³-hybridized carbons (Fsp3) is 0. The highest BCUT2D eigenvalue weighted by Crippen LogP contribution is 2.25. The Morgan fingerprint density at radius 1 is 0.652 bits per heavy atom. The van der Waals surface area contributed by atoms with Crippen molar-refractivity contribution in [3.63, 3.8) is 0 Å². The maximum Gasteiger partial charge on any atom is 0.255 e. The topological polar surface area (TPSA) is 20.3 Å². The summed E-state index contributed by atoms with van der Waals surface area (Å²) < 4.78 is 0. The van der Waals surface area contributed by atoms with Crippen LogP contribution >= 0.6 is 0 Å². The first kappa shape index (κ1) is 14.8. The van der Waals surface area contributed by atoms with Crippen molar-refractivity contribution >= 4 is 23.4 Å². The predicted octanol–water partition coefficient (Wildman–Crippen LogP) is 5.06. The van der Waals surface area contributed by atoms with Crippen molar-refractivity contribution in [2.45, 2.75) is 0 Å². The van der Waals surface area contributed by atoms with Crippen LogP contribution in [-0.4, -0.2) is 5.91 Å². The molecule has 0 aliphatic rings. The van der Waals surface area contributed by atoms with Gasteiger partial charge in [-0.25, -0.2) is 0 Å². The number of benzene rings is 3.